The fourth-order valence-electron chi connectivity index (χ4n) is 1.62. The second-order valence-corrected chi connectivity index (χ2v) is 4.07. The molecule has 0 heterocycles. The summed E-state index contributed by atoms with van der Waals surface area (Å²) in [7, 11) is 1.65. The Labute approximate surface area is 96.9 Å². The Morgan fingerprint density at radius 3 is 2.75 bits per heavy atom. The number of hydrogen-bond acceptors (Lipinski definition) is 2. The van der Waals surface area contributed by atoms with Crippen molar-refractivity contribution in [2.75, 3.05) is 7.11 Å². The smallest absolute Gasteiger partial charge is 0.120 e. The van der Waals surface area contributed by atoms with E-state index in [1.165, 1.54) is 0 Å². The van der Waals surface area contributed by atoms with Crippen LogP contribution in [0, 0.1) is 12.8 Å². The number of carbonyl (C=O) groups is 1. The van der Waals surface area contributed by atoms with E-state index in [9.17, 15) is 4.79 Å². The molecule has 0 bridgehead atoms. The average molecular weight is 218 g/mol. The predicted molar refractivity (Wildman–Crippen MR) is 66.6 cm³/mol. The van der Waals surface area contributed by atoms with E-state index in [0.717, 1.165) is 28.7 Å². The maximum Gasteiger partial charge on any atom is 0.120 e. The average Bonchev–Trinajstić information content (AvgIpc) is 2.27. The van der Waals surface area contributed by atoms with E-state index in [4.69, 9.17) is 4.74 Å². The molecule has 0 aliphatic heterocycles. The van der Waals surface area contributed by atoms with Gasteiger partial charge in [0.05, 0.1) is 7.11 Å². The van der Waals surface area contributed by atoms with Gasteiger partial charge in [-0.25, -0.2) is 0 Å². The lowest BCUT2D eigenvalue weighted by atomic mass is 9.92. The van der Waals surface area contributed by atoms with Crippen LogP contribution in [0.15, 0.2) is 24.8 Å². The quantitative estimate of drug-likeness (QED) is 0.709. The number of aldehydes is 1. The Hall–Kier alpha value is -1.57. The van der Waals surface area contributed by atoms with Crippen molar-refractivity contribution in [2.45, 2.75) is 20.3 Å². The molecule has 0 spiro atoms. The van der Waals surface area contributed by atoms with Gasteiger partial charge in [0.1, 0.15) is 12.0 Å². The highest BCUT2D eigenvalue weighted by Gasteiger charge is 2.09. The van der Waals surface area contributed by atoms with Crippen molar-refractivity contribution in [3.05, 3.63) is 35.9 Å². The minimum absolute atomic E-state index is 0.170. The topological polar surface area (TPSA) is 26.3 Å². The summed E-state index contributed by atoms with van der Waals surface area (Å²) in [6.07, 6.45) is 1.44. The summed E-state index contributed by atoms with van der Waals surface area (Å²) >= 11 is 0. The minimum atomic E-state index is 0.170. The highest BCUT2D eigenvalue weighted by atomic mass is 16.5. The second kappa shape index (κ2) is 5.50. The SMILES string of the molecule is C=C(c1cc(C)cc(OC)c1)C(C)CC=O. The van der Waals surface area contributed by atoms with E-state index in [-0.39, 0.29) is 5.92 Å². The van der Waals surface area contributed by atoms with Crippen LogP contribution in [0.4, 0.5) is 0 Å². The Bertz CT molecular complexity index is 394. The van der Waals surface area contributed by atoms with Crippen LogP contribution < -0.4 is 4.74 Å². The Kier molecular flexibility index (Phi) is 4.29. The van der Waals surface area contributed by atoms with Crippen LogP contribution in [-0.2, 0) is 4.79 Å². The number of rotatable bonds is 5. The van der Waals surface area contributed by atoms with Gasteiger partial charge in [-0.1, -0.05) is 19.6 Å². The molecule has 1 atom stereocenters. The molecule has 0 saturated heterocycles. The van der Waals surface area contributed by atoms with Crippen molar-refractivity contribution in [1.82, 2.24) is 0 Å². The number of benzene rings is 1. The highest BCUT2D eigenvalue weighted by molar-refractivity contribution is 5.69. The summed E-state index contributed by atoms with van der Waals surface area (Å²) in [6.45, 7) is 8.07. The van der Waals surface area contributed by atoms with Crippen LogP contribution in [0.1, 0.15) is 24.5 Å². The largest absolute Gasteiger partial charge is 0.497 e. The standard InChI is InChI=1S/C14H18O2/c1-10-7-13(9-14(8-10)16-4)12(3)11(2)5-6-15/h6-9,11H,3,5H2,1-2,4H3. The Morgan fingerprint density at radius 2 is 2.19 bits per heavy atom. The van der Waals surface area contributed by atoms with Gasteiger partial charge in [0.15, 0.2) is 0 Å². The maximum absolute atomic E-state index is 10.5. The first-order valence-corrected chi connectivity index (χ1v) is 5.37. The fourth-order valence-corrected chi connectivity index (χ4v) is 1.62. The van der Waals surface area contributed by atoms with Gasteiger partial charge in [0.2, 0.25) is 0 Å². The summed E-state index contributed by atoms with van der Waals surface area (Å²) in [5, 5.41) is 0. The van der Waals surface area contributed by atoms with Crippen LogP contribution in [0.25, 0.3) is 5.57 Å². The molecule has 0 fully saturated rings. The van der Waals surface area contributed by atoms with Gasteiger partial charge in [-0.3, -0.25) is 0 Å². The van der Waals surface area contributed by atoms with Gasteiger partial charge >= 0.3 is 0 Å². The Morgan fingerprint density at radius 1 is 1.50 bits per heavy atom. The van der Waals surface area contributed by atoms with E-state index in [1.807, 2.05) is 26.0 Å². The second-order valence-electron chi connectivity index (χ2n) is 4.07. The van der Waals surface area contributed by atoms with Crippen molar-refractivity contribution < 1.29 is 9.53 Å². The zero-order chi connectivity index (χ0) is 12.1. The van der Waals surface area contributed by atoms with E-state index in [1.54, 1.807) is 7.11 Å². The molecule has 16 heavy (non-hydrogen) atoms. The lowest BCUT2D eigenvalue weighted by Gasteiger charge is -2.14. The third-order valence-corrected chi connectivity index (χ3v) is 2.70. The van der Waals surface area contributed by atoms with Crippen LogP contribution in [-0.4, -0.2) is 13.4 Å². The molecule has 0 aliphatic rings. The zero-order valence-corrected chi connectivity index (χ0v) is 10.1. The molecule has 86 valence electrons. The lowest BCUT2D eigenvalue weighted by molar-refractivity contribution is -0.108. The van der Waals surface area contributed by atoms with Crippen LogP contribution >= 0.6 is 0 Å². The van der Waals surface area contributed by atoms with E-state index >= 15 is 0 Å². The van der Waals surface area contributed by atoms with Gasteiger partial charge in [0.25, 0.3) is 0 Å². The van der Waals surface area contributed by atoms with Crippen molar-refractivity contribution in [1.29, 1.82) is 0 Å². The van der Waals surface area contributed by atoms with E-state index in [2.05, 4.69) is 12.6 Å². The fraction of sp³-hybridized carbons (Fsp3) is 0.357. The number of aryl methyl sites for hydroxylation is 1. The lowest BCUT2D eigenvalue weighted by Crippen LogP contribution is -1.99. The first-order chi connectivity index (χ1) is 7.58. The van der Waals surface area contributed by atoms with Gasteiger partial charge in [0, 0.05) is 6.42 Å². The first-order valence-electron chi connectivity index (χ1n) is 5.37. The number of methoxy groups -OCH3 is 1. The molecule has 1 rings (SSSR count). The zero-order valence-electron chi connectivity index (χ0n) is 10.1. The molecule has 1 aromatic carbocycles. The number of hydrogen-bond donors (Lipinski definition) is 0. The van der Waals surface area contributed by atoms with Crippen LogP contribution in [0.3, 0.4) is 0 Å². The third kappa shape index (κ3) is 2.96. The van der Waals surface area contributed by atoms with Gasteiger partial charge in [-0.05, 0) is 41.7 Å². The van der Waals surface area contributed by atoms with Crippen molar-refractivity contribution in [3.8, 4) is 5.75 Å². The van der Waals surface area contributed by atoms with Gasteiger partial charge in [-0.2, -0.15) is 0 Å². The predicted octanol–water partition coefficient (Wildman–Crippen LogP) is 3.24. The molecular weight excluding hydrogens is 200 g/mol. The molecule has 0 N–H and O–H groups in total. The van der Waals surface area contributed by atoms with Gasteiger partial charge in [-0.15, -0.1) is 0 Å². The van der Waals surface area contributed by atoms with Crippen LogP contribution in [0.5, 0.6) is 5.75 Å². The molecule has 1 unspecified atom stereocenters. The van der Waals surface area contributed by atoms with Gasteiger partial charge < -0.3 is 9.53 Å². The molecule has 1 aromatic rings. The maximum atomic E-state index is 10.5. The van der Waals surface area contributed by atoms with Crippen molar-refractivity contribution in [3.63, 3.8) is 0 Å². The normalized spacial score (nSPS) is 11.9. The van der Waals surface area contributed by atoms with E-state index < -0.39 is 0 Å². The Balaban J connectivity index is 2.98. The monoisotopic (exact) mass is 218 g/mol. The molecule has 0 aliphatic carbocycles. The number of allylic oxidation sites excluding steroid dienone is 1. The summed E-state index contributed by atoms with van der Waals surface area (Å²) in [4.78, 5) is 10.5. The number of carbonyl (C=O) groups excluding carboxylic acids is 1. The molecule has 2 nitrogen and oxygen atoms in total. The summed E-state index contributed by atoms with van der Waals surface area (Å²) in [5.74, 6) is 0.999. The highest BCUT2D eigenvalue weighted by Crippen LogP contribution is 2.27. The summed E-state index contributed by atoms with van der Waals surface area (Å²) in [5.41, 5.74) is 3.16. The molecule has 2 heteroatoms. The van der Waals surface area contributed by atoms with Crippen LogP contribution in [0.2, 0.25) is 0 Å². The summed E-state index contributed by atoms with van der Waals surface area (Å²) in [6, 6.07) is 5.99. The molecule has 0 amide bonds. The first kappa shape index (κ1) is 12.5. The van der Waals surface area contributed by atoms with Crippen molar-refractivity contribution in [2.24, 2.45) is 5.92 Å². The summed E-state index contributed by atoms with van der Waals surface area (Å²) < 4.78 is 5.21. The molecule has 0 aromatic heterocycles. The minimum Gasteiger partial charge on any atom is -0.497 e. The van der Waals surface area contributed by atoms with Crippen molar-refractivity contribution >= 4 is 11.9 Å². The third-order valence-electron chi connectivity index (χ3n) is 2.70. The molecule has 0 radical (unpaired) electrons. The number of ether oxygens (including phenoxy) is 1. The van der Waals surface area contributed by atoms with E-state index in [0.29, 0.717) is 6.42 Å². The molecule has 0 saturated carbocycles. The molecular formula is C14H18O2.